The number of nitrogens with one attached hydrogen (secondary N) is 2. The molecule has 0 bridgehead atoms. The Morgan fingerprint density at radius 2 is 2.00 bits per heavy atom. The van der Waals surface area contributed by atoms with Crippen molar-refractivity contribution in [2.24, 2.45) is 0 Å². The molecule has 1 fully saturated rings. The summed E-state index contributed by atoms with van der Waals surface area (Å²) in [6.45, 7) is 4.55. The molecule has 0 amide bonds. The van der Waals surface area contributed by atoms with Crippen molar-refractivity contribution in [2.45, 2.75) is 44.0 Å². The molecule has 30 heavy (non-hydrogen) atoms. The minimum absolute atomic E-state index is 0.0263. The van der Waals surface area contributed by atoms with E-state index in [2.05, 4.69) is 48.8 Å². The standard InChI is InChI=1S/C21H27N7OS/c1-14-11-18-17(12-28(14)19-4-8-24-20-16(19)3-7-23-20)21(26-13-25-18)27-9-5-15(6-10-27)30(2,22)29/h3-4,7-8,13-15,22H,5-6,9-12H2,1-2H3,(H,23,24)/t14-,30?/m1/s1. The van der Waals surface area contributed by atoms with Crippen LogP contribution in [0.15, 0.2) is 30.9 Å². The van der Waals surface area contributed by atoms with E-state index in [1.54, 1.807) is 12.6 Å². The minimum Gasteiger partial charge on any atom is -0.363 e. The number of hydrogen-bond acceptors (Lipinski definition) is 7. The lowest BCUT2D eigenvalue weighted by molar-refractivity contribution is 0.549. The van der Waals surface area contributed by atoms with E-state index in [-0.39, 0.29) is 5.25 Å². The van der Waals surface area contributed by atoms with Gasteiger partial charge in [0.1, 0.15) is 17.8 Å². The number of fused-ring (bicyclic) bond motifs is 2. The van der Waals surface area contributed by atoms with Crippen LogP contribution >= 0.6 is 0 Å². The molecule has 2 aliphatic heterocycles. The van der Waals surface area contributed by atoms with Gasteiger partial charge in [0.05, 0.1) is 5.69 Å². The van der Waals surface area contributed by atoms with Gasteiger partial charge < -0.3 is 14.8 Å². The summed E-state index contributed by atoms with van der Waals surface area (Å²) in [6.07, 6.45) is 9.43. The molecular formula is C21H27N7OS. The van der Waals surface area contributed by atoms with Gasteiger partial charge in [-0.25, -0.2) is 19.2 Å². The number of hydrogen-bond donors (Lipinski definition) is 2. The zero-order valence-corrected chi connectivity index (χ0v) is 18.2. The van der Waals surface area contributed by atoms with Crippen LogP contribution in [0, 0.1) is 4.78 Å². The molecule has 3 aromatic heterocycles. The van der Waals surface area contributed by atoms with Crippen molar-refractivity contribution >= 4 is 32.3 Å². The van der Waals surface area contributed by atoms with Gasteiger partial charge in [0, 0.05) is 82.4 Å². The largest absolute Gasteiger partial charge is 0.363 e. The fourth-order valence-corrected chi connectivity index (χ4v) is 5.91. The Balaban J connectivity index is 1.47. The van der Waals surface area contributed by atoms with Crippen molar-refractivity contribution in [2.75, 3.05) is 29.1 Å². The van der Waals surface area contributed by atoms with Crippen molar-refractivity contribution in [3.05, 3.63) is 42.1 Å². The average Bonchev–Trinajstić information content (AvgIpc) is 3.21. The molecule has 8 nitrogen and oxygen atoms in total. The third-order valence-electron chi connectivity index (χ3n) is 6.49. The number of nitrogens with zero attached hydrogens (tertiary/aromatic N) is 5. The van der Waals surface area contributed by atoms with Gasteiger partial charge in [0.25, 0.3) is 0 Å². The zero-order chi connectivity index (χ0) is 20.9. The Morgan fingerprint density at radius 1 is 1.20 bits per heavy atom. The topological polar surface area (TPSA) is 102 Å². The van der Waals surface area contributed by atoms with Crippen molar-refractivity contribution < 1.29 is 4.21 Å². The Kier molecular flexibility index (Phi) is 4.65. The quantitative estimate of drug-likeness (QED) is 0.669. The molecule has 5 heterocycles. The summed E-state index contributed by atoms with van der Waals surface area (Å²) in [5.41, 5.74) is 4.37. The second-order valence-electron chi connectivity index (χ2n) is 8.46. The fraction of sp³-hybridized carbons (Fsp3) is 0.476. The highest BCUT2D eigenvalue weighted by Gasteiger charge is 2.31. The van der Waals surface area contributed by atoms with E-state index >= 15 is 0 Å². The molecule has 2 aliphatic rings. The van der Waals surface area contributed by atoms with Crippen molar-refractivity contribution in [1.82, 2.24) is 19.9 Å². The summed E-state index contributed by atoms with van der Waals surface area (Å²) < 4.78 is 20.1. The molecule has 0 spiro atoms. The first-order valence-electron chi connectivity index (χ1n) is 10.4. The molecule has 0 radical (unpaired) electrons. The predicted octanol–water partition coefficient (Wildman–Crippen LogP) is 2.95. The summed E-state index contributed by atoms with van der Waals surface area (Å²) in [5, 5.41) is 1.10. The number of rotatable bonds is 3. The summed E-state index contributed by atoms with van der Waals surface area (Å²) in [4.78, 5) is 21.6. The summed E-state index contributed by atoms with van der Waals surface area (Å²) in [5.74, 6) is 0.988. The summed E-state index contributed by atoms with van der Waals surface area (Å²) >= 11 is 0. The van der Waals surface area contributed by atoms with Crippen LogP contribution in [0.5, 0.6) is 0 Å². The van der Waals surface area contributed by atoms with Crippen LogP contribution in [0.3, 0.4) is 0 Å². The van der Waals surface area contributed by atoms with E-state index in [0.29, 0.717) is 6.04 Å². The van der Waals surface area contributed by atoms with Crippen LogP contribution < -0.4 is 9.80 Å². The SMILES string of the molecule is C[C@@H]1Cc2ncnc(N3CCC(S(C)(=N)=O)CC3)c2CN1c1ccnc2[nH]ccc12. The van der Waals surface area contributed by atoms with E-state index < -0.39 is 9.73 Å². The van der Waals surface area contributed by atoms with Crippen molar-refractivity contribution in [3.8, 4) is 0 Å². The lowest BCUT2D eigenvalue weighted by Gasteiger charge is -2.39. The number of aromatic nitrogens is 4. The number of H-pyrrole nitrogens is 1. The van der Waals surface area contributed by atoms with E-state index in [1.807, 2.05) is 12.4 Å². The maximum Gasteiger partial charge on any atom is 0.139 e. The second kappa shape index (κ2) is 7.23. The Labute approximate surface area is 176 Å². The normalized spacial score (nSPS) is 22.1. The van der Waals surface area contributed by atoms with Crippen molar-refractivity contribution in [1.29, 1.82) is 4.78 Å². The molecule has 2 N–H and O–H groups in total. The predicted molar refractivity (Wildman–Crippen MR) is 119 cm³/mol. The smallest absolute Gasteiger partial charge is 0.139 e. The Morgan fingerprint density at radius 3 is 2.77 bits per heavy atom. The summed E-state index contributed by atoms with van der Waals surface area (Å²) in [6, 6.07) is 4.48. The molecule has 1 saturated heterocycles. The monoisotopic (exact) mass is 425 g/mol. The highest BCUT2D eigenvalue weighted by molar-refractivity contribution is 7.92. The van der Waals surface area contributed by atoms with E-state index in [4.69, 9.17) is 4.78 Å². The lowest BCUT2D eigenvalue weighted by Crippen LogP contribution is -2.43. The highest BCUT2D eigenvalue weighted by atomic mass is 32.2. The van der Waals surface area contributed by atoms with Gasteiger partial charge in [-0.05, 0) is 31.9 Å². The third kappa shape index (κ3) is 3.30. The number of piperidine rings is 1. The van der Waals surface area contributed by atoms with Crippen LogP contribution in [-0.4, -0.2) is 54.8 Å². The van der Waals surface area contributed by atoms with Gasteiger partial charge in [-0.15, -0.1) is 0 Å². The van der Waals surface area contributed by atoms with Crippen LogP contribution in [-0.2, 0) is 22.7 Å². The van der Waals surface area contributed by atoms with Crippen molar-refractivity contribution in [3.63, 3.8) is 0 Å². The number of aromatic amines is 1. The molecular weight excluding hydrogens is 398 g/mol. The maximum absolute atomic E-state index is 12.1. The molecule has 5 rings (SSSR count). The van der Waals surface area contributed by atoms with Gasteiger partial charge in [-0.2, -0.15) is 0 Å². The van der Waals surface area contributed by atoms with Gasteiger partial charge in [0.15, 0.2) is 0 Å². The zero-order valence-electron chi connectivity index (χ0n) is 17.3. The number of pyridine rings is 1. The van der Waals surface area contributed by atoms with Gasteiger partial charge in [0.2, 0.25) is 0 Å². The molecule has 3 aromatic rings. The maximum atomic E-state index is 12.1. The fourth-order valence-electron chi connectivity index (χ4n) is 4.80. The van der Waals surface area contributed by atoms with E-state index in [9.17, 15) is 4.21 Å². The first kappa shape index (κ1) is 19.3. The second-order valence-corrected chi connectivity index (χ2v) is 10.9. The van der Waals surface area contributed by atoms with Crippen LogP contribution in [0.4, 0.5) is 11.5 Å². The molecule has 158 valence electrons. The first-order chi connectivity index (χ1) is 14.4. The van der Waals surface area contributed by atoms with Gasteiger partial charge in [-0.1, -0.05) is 0 Å². The Bertz CT molecular complexity index is 1180. The minimum atomic E-state index is -2.49. The van der Waals surface area contributed by atoms with Crippen LogP contribution in [0.25, 0.3) is 11.0 Å². The molecule has 9 heteroatoms. The average molecular weight is 426 g/mol. The molecule has 1 unspecified atom stereocenters. The van der Waals surface area contributed by atoms with Gasteiger partial charge >= 0.3 is 0 Å². The third-order valence-corrected chi connectivity index (χ3v) is 8.23. The molecule has 0 aliphatic carbocycles. The molecule has 0 saturated carbocycles. The highest BCUT2D eigenvalue weighted by Crippen LogP contribution is 2.35. The molecule has 0 aromatic carbocycles. The lowest BCUT2D eigenvalue weighted by atomic mass is 9.98. The summed E-state index contributed by atoms with van der Waals surface area (Å²) in [7, 11) is -2.49. The van der Waals surface area contributed by atoms with Gasteiger partial charge in [-0.3, -0.25) is 4.78 Å². The number of anilines is 2. The van der Waals surface area contributed by atoms with Crippen LogP contribution in [0.1, 0.15) is 31.0 Å². The van der Waals surface area contributed by atoms with Crippen LogP contribution in [0.2, 0.25) is 0 Å². The van der Waals surface area contributed by atoms with E-state index in [0.717, 1.165) is 61.4 Å². The first-order valence-corrected chi connectivity index (χ1v) is 12.4. The Hall–Kier alpha value is -2.68. The molecule has 2 atom stereocenters. The van der Waals surface area contributed by atoms with E-state index in [1.165, 1.54) is 11.3 Å².